The lowest BCUT2D eigenvalue weighted by molar-refractivity contribution is 0.102. The van der Waals surface area contributed by atoms with Gasteiger partial charge in [0.15, 0.2) is 0 Å². The Morgan fingerprint density at radius 2 is 2.00 bits per heavy atom. The van der Waals surface area contributed by atoms with Crippen LogP contribution in [0.25, 0.3) is 0 Å². The van der Waals surface area contributed by atoms with Crippen LogP contribution in [-0.4, -0.2) is 11.0 Å². The van der Waals surface area contributed by atoms with Crippen LogP contribution < -0.4 is 5.32 Å². The van der Waals surface area contributed by atoms with E-state index in [0.29, 0.717) is 19.3 Å². The SMILES string of the molecule is O=C(Nc1ccc(Br)cc1O)c1ccc(F)cc1I. The summed E-state index contributed by atoms with van der Waals surface area (Å²) in [4.78, 5) is 12.0. The molecule has 2 N–H and O–H groups in total. The first-order valence-corrected chi connectivity index (χ1v) is 7.09. The summed E-state index contributed by atoms with van der Waals surface area (Å²) in [6.45, 7) is 0. The summed E-state index contributed by atoms with van der Waals surface area (Å²) in [5.74, 6) is -0.839. The van der Waals surface area contributed by atoms with E-state index in [1.54, 1.807) is 12.1 Å². The summed E-state index contributed by atoms with van der Waals surface area (Å²) in [6, 6.07) is 8.65. The number of rotatable bonds is 2. The van der Waals surface area contributed by atoms with Crippen LogP contribution >= 0.6 is 38.5 Å². The third-order valence-corrected chi connectivity index (χ3v) is 3.77. The largest absolute Gasteiger partial charge is 0.506 e. The number of hydrogen-bond acceptors (Lipinski definition) is 2. The van der Waals surface area contributed by atoms with E-state index in [9.17, 15) is 14.3 Å². The molecule has 0 aliphatic heterocycles. The third-order valence-electron chi connectivity index (χ3n) is 2.38. The van der Waals surface area contributed by atoms with Crippen LogP contribution in [-0.2, 0) is 0 Å². The average Bonchev–Trinajstić information content (AvgIpc) is 2.32. The van der Waals surface area contributed by atoms with Gasteiger partial charge in [0.2, 0.25) is 0 Å². The number of aromatic hydroxyl groups is 1. The van der Waals surface area contributed by atoms with Crippen molar-refractivity contribution in [3.05, 3.63) is 55.8 Å². The first-order chi connectivity index (χ1) is 8.97. The van der Waals surface area contributed by atoms with Crippen molar-refractivity contribution in [1.82, 2.24) is 0 Å². The Hall–Kier alpha value is -1.15. The molecule has 2 aromatic rings. The Balaban J connectivity index is 2.25. The van der Waals surface area contributed by atoms with Crippen molar-refractivity contribution in [3.8, 4) is 5.75 Å². The monoisotopic (exact) mass is 435 g/mol. The van der Waals surface area contributed by atoms with Gasteiger partial charge in [0.25, 0.3) is 5.91 Å². The van der Waals surface area contributed by atoms with Crippen molar-refractivity contribution < 1.29 is 14.3 Å². The molecule has 0 saturated carbocycles. The number of benzene rings is 2. The number of carbonyl (C=O) groups is 1. The third kappa shape index (κ3) is 3.44. The van der Waals surface area contributed by atoms with Crippen LogP contribution in [0.5, 0.6) is 5.75 Å². The maximum absolute atomic E-state index is 13.0. The van der Waals surface area contributed by atoms with Crippen LogP contribution in [0.15, 0.2) is 40.9 Å². The second-order valence-electron chi connectivity index (χ2n) is 3.74. The van der Waals surface area contributed by atoms with Crippen LogP contribution in [0.2, 0.25) is 0 Å². The summed E-state index contributed by atoms with van der Waals surface area (Å²) >= 11 is 5.10. The number of hydrogen-bond donors (Lipinski definition) is 2. The van der Waals surface area contributed by atoms with Crippen LogP contribution in [0.3, 0.4) is 0 Å². The van der Waals surface area contributed by atoms with Gasteiger partial charge in [0, 0.05) is 8.04 Å². The standard InChI is InChI=1S/C13H8BrFINO2/c14-7-1-4-11(12(18)5-7)17-13(19)9-3-2-8(15)6-10(9)16/h1-6,18H,(H,17,19). The number of phenols is 1. The maximum Gasteiger partial charge on any atom is 0.256 e. The molecular formula is C13H8BrFINO2. The van der Waals surface area contributed by atoms with E-state index >= 15 is 0 Å². The van der Waals surface area contributed by atoms with E-state index in [-0.39, 0.29) is 5.75 Å². The molecule has 2 rings (SSSR count). The van der Waals surface area contributed by atoms with Crippen molar-refractivity contribution >= 4 is 50.1 Å². The summed E-state index contributed by atoms with van der Waals surface area (Å²) < 4.78 is 14.2. The van der Waals surface area contributed by atoms with Crippen molar-refractivity contribution in [2.24, 2.45) is 0 Å². The highest BCUT2D eigenvalue weighted by molar-refractivity contribution is 14.1. The molecule has 0 saturated heterocycles. The number of nitrogens with one attached hydrogen (secondary N) is 1. The van der Waals surface area contributed by atoms with Crippen LogP contribution in [0.1, 0.15) is 10.4 Å². The minimum absolute atomic E-state index is 0.0418. The number of phenolic OH excluding ortho intramolecular Hbond substituents is 1. The quantitative estimate of drug-likeness (QED) is 0.550. The molecule has 1 amide bonds. The summed E-state index contributed by atoms with van der Waals surface area (Å²) in [5.41, 5.74) is 0.651. The Bertz CT molecular complexity index is 649. The first kappa shape index (κ1) is 14.3. The Morgan fingerprint density at radius 1 is 1.26 bits per heavy atom. The molecule has 98 valence electrons. The molecule has 0 spiro atoms. The molecule has 0 aliphatic carbocycles. The highest BCUT2D eigenvalue weighted by Gasteiger charge is 2.12. The smallest absolute Gasteiger partial charge is 0.256 e. The van der Waals surface area contributed by atoms with E-state index in [4.69, 9.17) is 0 Å². The summed E-state index contributed by atoms with van der Waals surface area (Å²) in [6.07, 6.45) is 0. The zero-order valence-corrected chi connectivity index (χ0v) is 13.2. The first-order valence-electron chi connectivity index (χ1n) is 5.22. The fraction of sp³-hybridized carbons (Fsp3) is 0. The molecule has 0 atom stereocenters. The fourth-order valence-corrected chi connectivity index (χ4v) is 2.54. The molecule has 19 heavy (non-hydrogen) atoms. The molecule has 2 aromatic carbocycles. The minimum atomic E-state index is -0.401. The van der Waals surface area contributed by atoms with E-state index in [0.717, 1.165) is 0 Å². The summed E-state index contributed by atoms with van der Waals surface area (Å²) in [7, 11) is 0. The topological polar surface area (TPSA) is 49.3 Å². The van der Waals surface area contributed by atoms with Crippen molar-refractivity contribution in [3.63, 3.8) is 0 Å². The fourth-order valence-electron chi connectivity index (χ4n) is 1.47. The van der Waals surface area contributed by atoms with Gasteiger partial charge in [-0.1, -0.05) is 15.9 Å². The lowest BCUT2D eigenvalue weighted by Gasteiger charge is -2.09. The van der Waals surface area contributed by atoms with Crippen molar-refractivity contribution in [2.75, 3.05) is 5.32 Å². The zero-order valence-electron chi connectivity index (χ0n) is 9.45. The number of amides is 1. The normalized spacial score (nSPS) is 10.3. The maximum atomic E-state index is 13.0. The molecule has 0 heterocycles. The molecule has 0 aliphatic rings. The van der Waals surface area contributed by atoms with Crippen LogP contribution in [0, 0.1) is 9.39 Å². The molecule has 3 nitrogen and oxygen atoms in total. The van der Waals surface area contributed by atoms with Crippen LogP contribution in [0.4, 0.5) is 10.1 Å². The highest BCUT2D eigenvalue weighted by atomic mass is 127. The number of carbonyl (C=O) groups excluding carboxylic acids is 1. The molecule has 0 bridgehead atoms. The number of anilines is 1. The Morgan fingerprint density at radius 3 is 2.63 bits per heavy atom. The van der Waals surface area contributed by atoms with Crippen molar-refractivity contribution in [1.29, 1.82) is 0 Å². The minimum Gasteiger partial charge on any atom is -0.506 e. The molecule has 6 heteroatoms. The van der Waals surface area contributed by atoms with Gasteiger partial charge in [0.05, 0.1) is 11.3 Å². The lowest BCUT2D eigenvalue weighted by Crippen LogP contribution is -2.13. The van der Waals surface area contributed by atoms with Gasteiger partial charge in [0.1, 0.15) is 11.6 Å². The zero-order chi connectivity index (χ0) is 14.0. The predicted molar refractivity (Wildman–Crippen MR) is 82.9 cm³/mol. The second kappa shape index (κ2) is 5.87. The lowest BCUT2D eigenvalue weighted by atomic mass is 10.2. The van der Waals surface area contributed by atoms with E-state index in [1.807, 2.05) is 22.6 Å². The predicted octanol–water partition coefficient (Wildman–Crippen LogP) is 4.15. The van der Waals surface area contributed by atoms with Gasteiger partial charge >= 0.3 is 0 Å². The molecule has 0 aromatic heterocycles. The average molecular weight is 436 g/mol. The molecule has 0 fully saturated rings. The Labute approximate surface area is 131 Å². The molecular weight excluding hydrogens is 428 g/mol. The second-order valence-corrected chi connectivity index (χ2v) is 5.82. The molecule has 0 radical (unpaired) electrons. The van der Waals surface area contributed by atoms with Gasteiger partial charge < -0.3 is 10.4 Å². The van der Waals surface area contributed by atoms with Crippen molar-refractivity contribution in [2.45, 2.75) is 0 Å². The van der Waals surface area contributed by atoms with Gasteiger partial charge in [-0.2, -0.15) is 0 Å². The van der Waals surface area contributed by atoms with Gasteiger partial charge in [-0.25, -0.2) is 4.39 Å². The highest BCUT2D eigenvalue weighted by Crippen LogP contribution is 2.27. The van der Waals surface area contributed by atoms with Gasteiger partial charge in [-0.15, -0.1) is 0 Å². The number of halogens is 3. The van der Waals surface area contributed by atoms with E-state index in [2.05, 4.69) is 21.2 Å². The Kier molecular flexibility index (Phi) is 4.41. The molecule has 0 unspecified atom stereocenters. The van der Waals surface area contributed by atoms with Gasteiger partial charge in [-0.05, 0) is 59.0 Å². The van der Waals surface area contributed by atoms with E-state index in [1.165, 1.54) is 24.3 Å². The van der Waals surface area contributed by atoms with Gasteiger partial charge in [-0.3, -0.25) is 4.79 Å². The van der Waals surface area contributed by atoms with E-state index < -0.39 is 11.7 Å². The summed E-state index contributed by atoms with van der Waals surface area (Å²) in [5, 5.41) is 12.3.